The van der Waals surface area contributed by atoms with Crippen molar-refractivity contribution >= 4 is 30.5 Å². The quantitative estimate of drug-likeness (QED) is 0.415. The van der Waals surface area contributed by atoms with Gasteiger partial charge in [-0.3, -0.25) is 9.36 Å². The highest BCUT2D eigenvalue weighted by Gasteiger charge is 2.25. The summed E-state index contributed by atoms with van der Waals surface area (Å²) < 4.78 is 22.8. The topological polar surface area (TPSA) is 145 Å². The number of amides is 1. The zero-order valence-corrected chi connectivity index (χ0v) is 17.8. The average Bonchev–Trinajstić information content (AvgIpc) is 3.17. The zero-order chi connectivity index (χ0) is 21.6. The van der Waals surface area contributed by atoms with Crippen LogP contribution in [0.2, 0.25) is 0 Å². The van der Waals surface area contributed by atoms with Gasteiger partial charge in [0.25, 0.3) is 5.91 Å². The van der Waals surface area contributed by atoms with Crippen molar-refractivity contribution in [2.45, 2.75) is 26.7 Å². The maximum absolute atomic E-state index is 12.5. The molecule has 160 valence electrons. The van der Waals surface area contributed by atoms with Crippen molar-refractivity contribution in [3.05, 3.63) is 47.5 Å². The third-order valence-electron chi connectivity index (χ3n) is 4.21. The number of rotatable bonds is 10. The van der Waals surface area contributed by atoms with Gasteiger partial charge in [0.15, 0.2) is 17.3 Å². The van der Waals surface area contributed by atoms with Crippen LogP contribution in [0.3, 0.4) is 0 Å². The van der Waals surface area contributed by atoms with Crippen molar-refractivity contribution in [1.82, 2.24) is 25.3 Å². The van der Waals surface area contributed by atoms with Crippen molar-refractivity contribution in [3.63, 3.8) is 0 Å². The minimum absolute atomic E-state index is 0.00856. The number of carbonyl (C=O) groups excluding carboxylic acids is 1. The largest absolute Gasteiger partial charge is 0.382 e. The van der Waals surface area contributed by atoms with E-state index in [4.69, 9.17) is 14.8 Å². The van der Waals surface area contributed by atoms with Crippen molar-refractivity contribution in [1.29, 1.82) is 0 Å². The van der Waals surface area contributed by atoms with E-state index in [2.05, 4.69) is 25.3 Å². The number of aromatic nitrogens is 4. The summed E-state index contributed by atoms with van der Waals surface area (Å²) in [5.41, 5.74) is 7.86. The van der Waals surface area contributed by atoms with Crippen LogP contribution < -0.4 is 11.1 Å². The van der Waals surface area contributed by atoms with E-state index in [1.54, 1.807) is 13.8 Å². The fourth-order valence-corrected chi connectivity index (χ4v) is 4.24. The number of nitrogens with two attached hydrogens (primary N) is 1. The number of fused-ring (bicyclic) bond motifs is 1. The fraction of sp³-hybridized carbons (Fsp3) is 0.368. The summed E-state index contributed by atoms with van der Waals surface area (Å²) >= 11 is 0. The van der Waals surface area contributed by atoms with E-state index in [0.29, 0.717) is 23.4 Å². The molecular formula is C19H25N6O4P. The predicted molar refractivity (Wildman–Crippen MR) is 113 cm³/mol. The van der Waals surface area contributed by atoms with Gasteiger partial charge in [0, 0.05) is 6.42 Å². The molecule has 1 aromatic carbocycles. The van der Waals surface area contributed by atoms with Crippen molar-refractivity contribution < 1.29 is 18.4 Å². The number of H-pyrrole nitrogens is 1. The minimum atomic E-state index is -3.41. The Kier molecular flexibility index (Phi) is 7.15. The number of nitrogens with one attached hydrogen (secondary N) is 2. The monoisotopic (exact) mass is 432 g/mol. The SMILES string of the molecule is CCOP(=O)(CNC(=O)c1nc2nc(CCc3ccccc3)nc(N)c2[nH]1)OCC. The molecule has 0 atom stereocenters. The number of anilines is 1. The number of aromatic amines is 1. The summed E-state index contributed by atoms with van der Waals surface area (Å²) in [7, 11) is -3.41. The van der Waals surface area contributed by atoms with Gasteiger partial charge in [0.1, 0.15) is 17.6 Å². The molecule has 4 N–H and O–H groups in total. The van der Waals surface area contributed by atoms with Crippen molar-refractivity contribution in [2.75, 3.05) is 25.2 Å². The molecule has 2 aromatic heterocycles. The van der Waals surface area contributed by atoms with Crippen LogP contribution in [0, 0.1) is 0 Å². The van der Waals surface area contributed by atoms with Gasteiger partial charge in [0.05, 0.1) is 13.2 Å². The second-order valence-corrected chi connectivity index (χ2v) is 8.46. The second kappa shape index (κ2) is 9.80. The Labute approximate surface area is 174 Å². The molecule has 0 saturated carbocycles. The molecule has 0 saturated heterocycles. The van der Waals surface area contributed by atoms with Gasteiger partial charge in [-0.15, -0.1) is 0 Å². The molecule has 3 rings (SSSR count). The third kappa shape index (κ3) is 5.41. The lowest BCUT2D eigenvalue weighted by molar-refractivity contribution is 0.0945. The molecule has 0 unspecified atom stereocenters. The fourth-order valence-electron chi connectivity index (χ4n) is 2.86. The Morgan fingerprint density at radius 2 is 1.80 bits per heavy atom. The maximum Gasteiger partial charge on any atom is 0.349 e. The number of imidazole rings is 1. The number of nitrogen functional groups attached to an aromatic ring is 1. The third-order valence-corrected chi connectivity index (χ3v) is 6.05. The van der Waals surface area contributed by atoms with Crippen LogP contribution in [0.25, 0.3) is 11.2 Å². The van der Waals surface area contributed by atoms with Crippen LogP contribution in [0.5, 0.6) is 0 Å². The molecule has 0 bridgehead atoms. The standard InChI is InChI=1S/C19H25N6O4P/c1-3-28-30(27,29-4-2)12-21-19(26)18-24-15-16(20)22-14(23-17(15)25-18)11-10-13-8-6-5-7-9-13/h5-9H,3-4,10-12H2,1-2H3,(H,21,26)(H3,20,22,23,24,25). The first kappa shape index (κ1) is 21.9. The highest BCUT2D eigenvalue weighted by molar-refractivity contribution is 7.53. The Balaban J connectivity index is 1.72. The van der Waals surface area contributed by atoms with Gasteiger partial charge < -0.3 is 25.1 Å². The van der Waals surface area contributed by atoms with Crippen molar-refractivity contribution in [3.8, 4) is 0 Å². The Hall–Kier alpha value is -2.81. The van der Waals surface area contributed by atoms with E-state index in [1.165, 1.54) is 0 Å². The maximum atomic E-state index is 12.5. The predicted octanol–water partition coefficient (Wildman–Crippen LogP) is 2.67. The molecule has 0 fully saturated rings. The van der Waals surface area contributed by atoms with Crippen LogP contribution in [-0.4, -0.2) is 45.3 Å². The number of hydrogen-bond donors (Lipinski definition) is 3. The highest BCUT2D eigenvalue weighted by atomic mass is 31.2. The summed E-state index contributed by atoms with van der Waals surface area (Å²) in [4.78, 5) is 28.2. The molecule has 2 heterocycles. The van der Waals surface area contributed by atoms with Gasteiger partial charge in [-0.05, 0) is 25.8 Å². The van der Waals surface area contributed by atoms with E-state index >= 15 is 0 Å². The van der Waals surface area contributed by atoms with Crippen LogP contribution in [0.15, 0.2) is 30.3 Å². The molecule has 1 amide bonds. The van der Waals surface area contributed by atoms with E-state index in [-0.39, 0.29) is 31.1 Å². The highest BCUT2D eigenvalue weighted by Crippen LogP contribution is 2.46. The lowest BCUT2D eigenvalue weighted by atomic mass is 10.1. The second-order valence-electron chi connectivity index (χ2n) is 6.41. The normalized spacial score (nSPS) is 11.7. The Morgan fingerprint density at radius 1 is 1.10 bits per heavy atom. The minimum Gasteiger partial charge on any atom is -0.382 e. The molecule has 3 aromatic rings. The van der Waals surface area contributed by atoms with Crippen molar-refractivity contribution in [2.24, 2.45) is 0 Å². The number of nitrogens with zero attached hydrogens (tertiary/aromatic N) is 3. The van der Waals surface area contributed by atoms with E-state index in [0.717, 1.165) is 12.0 Å². The molecule has 30 heavy (non-hydrogen) atoms. The van der Waals surface area contributed by atoms with E-state index < -0.39 is 13.5 Å². The molecule has 10 nitrogen and oxygen atoms in total. The first-order valence-electron chi connectivity index (χ1n) is 9.66. The van der Waals surface area contributed by atoms with E-state index in [1.807, 2.05) is 30.3 Å². The van der Waals surface area contributed by atoms with Gasteiger partial charge in [-0.2, -0.15) is 0 Å². The lowest BCUT2D eigenvalue weighted by Gasteiger charge is -2.16. The molecule has 0 radical (unpaired) electrons. The number of carbonyl (C=O) groups is 1. The number of hydrogen-bond acceptors (Lipinski definition) is 8. The van der Waals surface area contributed by atoms with Crippen LogP contribution in [0.1, 0.15) is 35.9 Å². The van der Waals surface area contributed by atoms with Crippen LogP contribution in [-0.2, 0) is 26.5 Å². The van der Waals surface area contributed by atoms with Gasteiger partial charge >= 0.3 is 7.60 Å². The van der Waals surface area contributed by atoms with E-state index in [9.17, 15) is 9.36 Å². The molecule has 0 aliphatic carbocycles. The number of benzene rings is 1. The van der Waals surface area contributed by atoms with Crippen LogP contribution >= 0.6 is 7.60 Å². The van der Waals surface area contributed by atoms with Gasteiger partial charge in [-0.25, -0.2) is 15.0 Å². The summed E-state index contributed by atoms with van der Waals surface area (Å²) in [6.45, 7) is 3.80. The summed E-state index contributed by atoms with van der Waals surface area (Å²) in [6, 6.07) is 9.97. The van der Waals surface area contributed by atoms with Gasteiger partial charge in [0.2, 0.25) is 0 Å². The molecule has 0 spiro atoms. The summed E-state index contributed by atoms with van der Waals surface area (Å²) in [6.07, 6.45) is 1.08. The molecular weight excluding hydrogens is 407 g/mol. The van der Waals surface area contributed by atoms with Crippen LogP contribution in [0.4, 0.5) is 5.82 Å². The average molecular weight is 432 g/mol. The first-order chi connectivity index (χ1) is 14.4. The molecule has 0 aliphatic heterocycles. The van der Waals surface area contributed by atoms with Gasteiger partial charge in [-0.1, -0.05) is 30.3 Å². The number of aryl methyl sites for hydroxylation is 2. The Bertz CT molecular complexity index is 1050. The molecule has 0 aliphatic rings. The zero-order valence-electron chi connectivity index (χ0n) is 16.9. The Morgan fingerprint density at radius 3 is 2.47 bits per heavy atom. The summed E-state index contributed by atoms with van der Waals surface area (Å²) in [5.74, 6) is 0.173. The first-order valence-corrected chi connectivity index (χ1v) is 11.4. The molecule has 11 heteroatoms. The lowest BCUT2D eigenvalue weighted by Crippen LogP contribution is -2.26. The smallest absolute Gasteiger partial charge is 0.349 e. The summed E-state index contributed by atoms with van der Waals surface area (Å²) in [5, 5.41) is 2.52.